The van der Waals surface area contributed by atoms with Gasteiger partial charge in [-0.05, 0) is 6.42 Å². The lowest BCUT2D eigenvalue weighted by atomic mass is 9.94. The molecule has 1 N–H and O–H groups in total. The van der Waals surface area contributed by atoms with Gasteiger partial charge in [0.1, 0.15) is 0 Å². The lowest BCUT2D eigenvalue weighted by Gasteiger charge is -2.41. The molecule has 2 aliphatic heterocycles. The minimum atomic E-state index is 0.288. The van der Waals surface area contributed by atoms with Crippen molar-refractivity contribution < 1.29 is 9.47 Å². The van der Waals surface area contributed by atoms with Gasteiger partial charge >= 0.3 is 0 Å². The molecule has 2 heterocycles. The van der Waals surface area contributed by atoms with Gasteiger partial charge in [-0.1, -0.05) is 0 Å². The van der Waals surface area contributed by atoms with Gasteiger partial charge in [-0.25, -0.2) is 0 Å². The second-order valence-electron chi connectivity index (χ2n) is 3.06. The van der Waals surface area contributed by atoms with E-state index in [1.807, 2.05) is 0 Å². The molecular formula is C7H13NO2. The molecule has 0 saturated carbocycles. The summed E-state index contributed by atoms with van der Waals surface area (Å²) in [7, 11) is 0. The van der Waals surface area contributed by atoms with Crippen molar-refractivity contribution in [2.24, 2.45) is 0 Å². The standard InChI is InChI=1S/C7H13NO2/c1-3-9-4-2-8-7(1)5-10-6-7/h8H,1-6H2. The summed E-state index contributed by atoms with van der Waals surface area (Å²) < 4.78 is 10.5. The lowest BCUT2D eigenvalue weighted by Crippen LogP contribution is -2.60. The number of hydrogen-bond donors (Lipinski definition) is 1. The van der Waals surface area contributed by atoms with Crippen LogP contribution in [0.25, 0.3) is 0 Å². The number of rotatable bonds is 0. The average molecular weight is 143 g/mol. The lowest BCUT2D eigenvalue weighted by molar-refractivity contribution is -0.0770. The van der Waals surface area contributed by atoms with Crippen molar-refractivity contribution in [1.29, 1.82) is 0 Å². The molecule has 2 aliphatic rings. The van der Waals surface area contributed by atoms with Crippen LogP contribution in [0, 0.1) is 0 Å². The molecule has 0 aromatic rings. The first-order chi connectivity index (χ1) is 4.91. The zero-order chi connectivity index (χ0) is 6.86. The highest BCUT2D eigenvalue weighted by atomic mass is 16.5. The maximum atomic E-state index is 5.31. The van der Waals surface area contributed by atoms with Crippen LogP contribution in [0.3, 0.4) is 0 Å². The molecule has 2 fully saturated rings. The molecule has 3 heteroatoms. The highest BCUT2D eigenvalue weighted by Crippen LogP contribution is 2.21. The minimum Gasteiger partial charge on any atom is -0.380 e. The summed E-state index contributed by atoms with van der Waals surface area (Å²) >= 11 is 0. The van der Waals surface area contributed by atoms with E-state index in [1.54, 1.807) is 0 Å². The summed E-state index contributed by atoms with van der Waals surface area (Å²) in [6.45, 7) is 4.45. The van der Waals surface area contributed by atoms with E-state index in [-0.39, 0.29) is 5.54 Å². The van der Waals surface area contributed by atoms with Crippen molar-refractivity contribution in [3.05, 3.63) is 0 Å². The number of ether oxygens (including phenoxy) is 2. The van der Waals surface area contributed by atoms with E-state index in [0.717, 1.165) is 39.4 Å². The van der Waals surface area contributed by atoms with Crippen LogP contribution in [0.1, 0.15) is 6.42 Å². The Morgan fingerprint density at radius 3 is 2.70 bits per heavy atom. The van der Waals surface area contributed by atoms with Gasteiger partial charge in [-0.2, -0.15) is 0 Å². The summed E-state index contributed by atoms with van der Waals surface area (Å²) in [5, 5.41) is 3.44. The second kappa shape index (κ2) is 2.49. The Morgan fingerprint density at radius 1 is 1.10 bits per heavy atom. The molecule has 0 aromatic carbocycles. The van der Waals surface area contributed by atoms with Gasteiger partial charge in [0.15, 0.2) is 0 Å². The SMILES string of the molecule is C1COCCC2(COC2)N1. The van der Waals surface area contributed by atoms with Crippen LogP contribution in [0.2, 0.25) is 0 Å². The zero-order valence-corrected chi connectivity index (χ0v) is 6.06. The fourth-order valence-electron chi connectivity index (χ4n) is 1.44. The quantitative estimate of drug-likeness (QED) is 0.508. The first-order valence-corrected chi connectivity index (χ1v) is 3.82. The highest BCUT2D eigenvalue weighted by Gasteiger charge is 2.38. The zero-order valence-electron chi connectivity index (χ0n) is 6.06. The van der Waals surface area contributed by atoms with Crippen molar-refractivity contribution >= 4 is 0 Å². The summed E-state index contributed by atoms with van der Waals surface area (Å²) in [4.78, 5) is 0. The Kier molecular flexibility index (Phi) is 1.64. The Hall–Kier alpha value is -0.120. The Morgan fingerprint density at radius 2 is 2.00 bits per heavy atom. The Labute approximate surface area is 60.7 Å². The van der Waals surface area contributed by atoms with Crippen molar-refractivity contribution in [3.8, 4) is 0 Å². The van der Waals surface area contributed by atoms with Gasteiger partial charge < -0.3 is 14.8 Å². The first kappa shape index (κ1) is 6.58. The van der Waals surface area contributed by atoms with Crippen LogP contribution in [0.15, 0.2) is 0 Å². The van der Waals surface area contributed by atoms with E-state index in [9.17, 15) is 0 Å². The molecule has 0 aliphatic carbocycles. The maximum Gasteiger partial charge on any atom is 0.0676 e. The van der Waals surface area contributed by atoms with Crippen LogP contribution < -0.4 is 5.32 Å². The van der Waals surface area contributed by atoms with E-state index in [4.69, 9.17) is 9.47 Å². The molecule has 0 amide bonds. The van der Waals surface area contributed by atoms with Crippen LogP contribution in [-0.2, 0) is 9.47 Å². The van der Waals surface area contributed by atoms with E-state index >= 15 is 0 Å². The number of hydrogen-bond acceptors (Lipinski definition) is 3. The fourth-order valence-corrected chi connectivity index (χ4v) is 1.44. The van der Waals surface area contributed by atoms with Gasteiger partial charge in [0.25, 0.3) is 0 Å². The van der Waals surface area contributed by atoms with Crippen LogP contribution in [-0.4, -0.2) is 38.5 Å². The van der Waals surface area contributed by atoms with E-state index in [1.165, 1.54) is 0 Å². The third-order valence-electron chi connectivity index (χ3n) is 2.23. The van der Waals surface area contributed by atoms with Crippen LogP contribution in [0.5, 0.6) is 0 Å². The third-order valence-corrected chi connectivity index (χ3v) is 2.23. The van der Waals surface area contributed by atoms with E-state index in [2.05, 4.69) is 5.32 Å². The van der Waals surface area contributed by atoms with Gasteiger partial charge in [-0.15, -0.1) is 0 Å². The first-order valence-electron chi connectivity index (χ1n) is 3.82. The average Bonchev–Trinajstić information content (AvgIpc) is 2.08. The minimum absolute atomic E-state index is 0.288. The topological polar surface area (TPSA) is 30.5 Å². The molecule has 0 bridgehead atoms. The summed E-state index contributed by atoms with van der Waals surface area (Å²) in [6.07, 6.45) is 1.10. The van der Waals surface area contributed by atoms with E-state index in [0.29, 0.717) is 0 Å². The third kappa shape index (κ3) is 1.05. The summed E-state index contributed by atoms with van der Waals surface area (Å²) in [5.41, 5.74) is 0.288. The van der Waals surface area contributed by atoms with Gasteiger partial charge in [0, 0.05) is 13.2 Å². The van der Waals surface area contributed by atoms with Crippen molar-refractivity contribution in [2.45, 2.75) is 12.0 Å². The van der Waals surface area contributed by atoms with Gasteiger partial charge in [0.05, 0.1) is 25.4 Å². The Balaban J connectivity index is 1.92. The highest BCUT2D eigenvalue weighted by molar-refractivity contribution is 4.94. The van der Waals surface area contributed by atoms with Crippen molar-refractivity contribution in [2.75, 3.05) is 33.0 Å². The van der Waals surface area contributed by atoms with E-state index < -0.39 is 0 Å². The maximum absolute atomic E-state index is 5.31. The molecule has 3 nitrogen and oxygen atoms in total. The molecule has 0 unspecified atom stereocenters. The van der Waals surface area contributed by atoms with Crippen LogP contribution >= 0.6 is 0 Å². The largest absolute Gasteiger partial charge is 0.380 e. The smallest absolute Gasteiger partial charge is 0.0676 e. The molecule has 58 valence electrons. The molecule has 1 spiro atoms. The summed E-state index contributed by atoms with van der Waals surface area (Å²) in [5.74, 6) is 0. The van der Waals surface area contributed by atoms with Gasteiger partial charge in [-0.3, -0.25) is 0 Å². The second-order valence-corrected chi connectivity index (χ2v) is 3.06. The summed E-state index contributed by atoms with van der Waals surface area (Å²) in [6, 6.07) is 0. The molecular weight excluding hydrogens is 130 g/mol. The molecule has 2 saturated heterocycles. The fraction of sp³-hybridized carbons (Fsp3) is 1.00. The van der Waals surface area contributed by atoms with Crippen molar-refractivity contribution in [1.82, 2.24) is 5.32 Å². The predicted molar refractivity (Wildman–Crippen MR) is 37.0 cm³/mol. The normalized spacial score (nSPS) is 31.2. The molecule has 2 rings (SSSR count). The molecule has 0 radical (unpaired) electrons. The predicted octanol–water partition coefficient (Wildman–Crippen LogP) is -0.235. The molecule has 0 atom stereocenters. The molecule has 10 heavy (non-hydrogen) atoms. The van der Waals surface area contributed by atoms with Gasteiger partial charge in [0.2, 0.25) is 0 Å². The van der Waals surface area contributed by atoms with Crippen LogP contribution in [0.4, 0.5) is 0 Å². The molecule has 0 aromatic heterocycles. The monoisotopic (exact) mass is 143 g/mol. The number of nitrogens with one attached hydrogen (secondary N) is 1. The van der Waals surface area contributed by atoms with Crippen molar-refractivity contribution in [3.63, 3.8) is 0 Å². The Bertz CT molecular complexity index is 113.